The molecule has 0 spiro atoms. The SMILES string of the molecule is CC(C)(c1cccc(Cl)c1)[C@H](OC(=O)NS[C@@H](CC1CCCCC1)C(=O)N[C@H](C=O)C[C@@H]1CCNC1=O)c1cccc(F)c1. The van der Waals surface area contributed by atoms with Crippen LogP contribution < -0.4 is 15.4 Å². The lowest BCUT2D eigenvalue weighted by Gasteiger charge is -2.35. The van der Waals surface area contributed by atoms with Gasteiger partial charge in [-0.1, -0.05) is 81.8 Å². The zero-order valence-corrected chi connectivity index (χ0v) is 26.7. The van der Waals surface area contributed by atoms with Gasteiger partial charge in [-0.15, -0.1) is 0 Å². The van der Waals surface area contributed by atoms with Gasteiger partial charge in [-0.3, -0.25) is 14.3 Å². The van der Waals surface area contributed by atoms with E-state index < -0.39 is 34.7 Å². The number of nitrogens with one attached hydrogen (secondary N) is 3. The minimum atomic E-state index is -0.889. The van der Waals surface area contributed by atoms with E-state index in [4.69, 9.17) is 16.3 Å². The maximum Gasteiger partial charge on any atom is 0.417 e. The number of carbonyl (C=O) groups is 4. The molecule has 1 saturated heterocycles. The second-order valence-electron chi connectivity index (χ2n) is 12.3. The van der Waals surface area contributed by atoms with Gasteiger partial charge in [-0.2, -0.15) is 0 Å². The Bertz CT molecular complexity index is 1320. The highest BCUT2D eigenvalue weighted by molar-refractivity contribution is 7.99. The van der Waals surface area contributed by atoms with Crippen LogP contribution in [0.25, 0.3) is 0 Å². The number of rotatable bonds is 13. The van der Waals surface area contributed by atoms with E-state index in [1.54, 1.807) is 30.3 Å². The fourth-order valence-electron chi connectivity index (χ4n) is 6.13. The fraction of sp³-hybridized carbons (Fsp3) is 0.515. The number of aldehydes is 1. The molecule has 0 aromatic heterocycles. The predicted octanol–water partition coefficient (Wildman–Crippen LogP) is 6.42. The highest BCUT2D eigenvalue weighted by atomic mass is 35.5. The van der Waals surface area contributed by atoms with Crippen molar-refractivity contribution in [2.45, 2.75) is 88.0 Å². The van der Waals surface area contributed by atoms with Crippen molar-refractivity contribution in [3.63, 3.8) is 0 Å². The van der Waals surface area contributed by atoms with Crippen LogP contribution in [-0.2, 0) is 24.5 Å². The van der Waals surface area contributed by atoms with Gasteiger partial charge in [-0.05, 0) is 72.5 Å². The third-order valence-electron chi connectivity index (χ3n) is 8.64. The molecule has 0 bridgehead atoms. The highest BCUT2D eigenvalue weighted by Crippen LogP contribution is 2.41. The van der Waals surface area contributed by atoms with Crippen molar-refractivity contribution in [2.24, 2.45) is 11.8 Å². The topological polar surface area (TPSA) is 114 Å². The van der Waals surface area contributed by atoms with Gasteiger partial charge in [0.15, 0.2) is 0 Å². The molecule has 0 unspecified atom stereocenters. The third-order valence-corrected chi connectivity index (χ3v) is 9.85. The van der Waals surface area contributed by atoms with Crippen molar-refractivity contribution in [3.8, 4) is 0 Å². The number of hydrogen-bond donors (Lipinski definition) is 3. The van der Waals surface area contributed by atoms with Gasteiger partial charge in [0.25, 0.3) is 0 Å². The van der Waals surface area contributed by atoms with Gasteiger partial charge in [-0.25, -0.2) is 9.18 Å². The van der Waals surface area contributed by atoms with Crippen LogP contribution >= 0.6 is 23.5 Å². The summed E-state index contributed by atoms with van der Waals surface area (Å²) in [6, 6.07) is 12.3. The lowest BCUT2D eigenvalue weighted by molar-refractivity contribution is -0.126. The summed E-state index contributed by atoms with van der Waals surface area (Å²) >= 11 is 7.21. The minimum absolute atomic E-state index is 0.114. The summed E-state index contributed by atoms with van der Waals surface area (Å²) in [6.45, 7) is 4.33. The summed E-state index contributed by atoms with van der Waals surface area (Å²) in [5.41, 5.74) is 0.463. The van der Waals surface area contributed by atoms with Gasteiger partial charge in [0, 0.05) is 22.9 Å². The standard InChI is InChI=1S/C33H41ClFN3O5S/c1-33(2,24-11-7-12-25(34)19-24)29(22-10-6-13-26(35)17-22)43-32(42)38-44-28(16-21-8-4-3-5-9-21)31(41)37-27(20-39)18-23-14-15-36-30(23)40/h6-7,10-13,17,19-21,23,27-29H,3-5,8-9,14-16,18H2,1-2H3,(H,36,40)(H,37,41)(H,38,42)/t23-,27-,28-,29+/m0/s1. The third kappa shape index (κ3) is 9.20. The van der Waals surface area contributed by atoms with Gasteiger partial charge in [0.2, 0.25) is 11.8 Å². The van der Waals surface area contributed by atoms with Crippen LogP contribution in [0.2, 0.25) is 5.02 Å². The summed E-state index contributed by atoms with van der Waals surface area (Å²) < 4.78 is 23.0. The van der Waals surface area contributed by atoms with Crippen LogP contribution in [-0.4, -0.2) is 42.0 Å². The first-order chi connectivity index (χ1) is 21.1. The average Bonchev–Trinajstić information content (AvgIpc) is 3.41. The average molecular weight is 646 g/mol. The predicted molar refractivity (Wildman–Crippen MR) is 170 cm³/mol. The molecule has 1 aliphatic carbocycles. The molecule has 4 rings (SSSR count). The lowest BCUT2D eigenvalue weighted by atomic mass is 9.76. The Balaban J connectivity index is 1.48. The minimum Gasteiger partial charge on any atom is -0.440 e. The molecule has 1 saturated carbocycles. The van der Waals surface area contributed by atoms with E-state index in [0.717, 1.165) is 49.6 Å². The molecule has 2 aromatic carbocycles. The Morgan fingerprint density at radius 2 is 1.86 bits per heavy atom. The molecule has 44 heavy (non-hydrogen) atoms. The second kappa shape index (κ2) is 15.8. The molecule has 8 nitrogen and oxygen atoms in total. The number of benzene rings is 2. The maximum absolute atomic E-state index is 14.3. The number of amides is 3. The summed E-state index contributed by atoms with van der Waals surface area (Å²) in [4.78, 5) is 50.7. The molecule has 238 valence electrons. The molecule has 4 atom stereocenters. The van der Waals surface area contributed by atoms with Crippen molar-refractivity contribution in [3.05, 3.63) is 70.5 Å². The monoisotopic (exact) mass is 645 g/mol. The van der Waals surface area contributed by atoms with E-state index >= 15 is 0 Å². The molecule has 0 radical (unpaired) electrons. The molecule has 2 aliphatic rings. The normalized spacial score (nSPS) is 19.4. The van der Waals surface area contributed by atoms with Crippen molar-refractivity contribution >= 4 is 47.7 Å². The fourth-order valence-corrected chi connectivity index (χ4v) is 7.15. The van der Waals surface area contributed by atoms with E-state index in [2.05, 4.69) is 15.4 Å². The zero-order chi connectivity index (χ0) is 31.7. The van der Waals surface area contributed by atoms with E-state index in [9.17, 15) is 23.6 Å². The van der Waals surface area contributed by atoms with E-state index in [0.29, 0.717) is 42.2 Å². The van der Waals surface area contributed by atoms with E-state index in [1.165, 1.54) is 12.1 Å². The van der Waals surface area contributed by atoms with Crippen LogP contribution in [0.5, 0.6) is 0 Å². The lowest BCUT2D eigenvalue weighted by Crippen LogP contribution is -2.44. The number of ether oxygens (including phenoxy) is 1. The number of halogens is 2. The number of hydrogen-bond acceptors (Lipinski definition) is 6. The van der Waals surface area contributed by atoms with Crippen molar-refractivity contribution in [1.29, 1.82) is 0 Å². The quantitative estimate of drug-likeness (QED) is 0.171. The molecule has 11 heteroatoms. The molecule has 2 fully saturated rings. The van der Waals surface area contributed by atoms with Gasteiger partial charge < -0.3 is 20.2 Å². The smallest absolute Gasteiger partial charge is 0.417 e. The Morgan fingerprint density at radius 1 is 1.11 bits per heavy atom. The van der Waals surface area contributed by atoms with Gasteiger partial charge >= 0.3 is 6.09 Å². The molecule has 3 N–H and O–H groups in total. The van der Waals surface area contributed by atoms with Crippen molar-refractivity contribution in [1.82, 2.24) is 15.4 Å². The Morgan fingerprint density at radius 3 is 2.52 bits per heavy atom. The van der Waals surface area contributed by atoms with E-state index in [1.807, 2.05) is 19.9 Å². The van der Waals surface area contributed by atoms with Crippen LogP contribution in [0.1, 0.15) is 82.4 Å². The summed E-state index contributed by atoms with van der Waals surface area (Å²) in [5.74, 6) is -0.973. The molecular weight excluding hydrogens is 605 g/mol. The van der Waals surface area contributed by atoms with Crippen molar-refractivity contribution < 1.29 is 28.3 Å². The first kappa shape index (κ1) is 33.8. The number of carbonyl (C=O) groups excluding carboxylic acids is 4. The summed E-state index contributed by atoms with van der Waals surface area (Å²) in [6.07, 6.45) is 5.66. The van der Waals surface area contributed by atoms with Crippen LogP contribution in [0.15, 0.2) is 48.5 Å². The largest absolute Gasteiger partial charge is 0.440 e. The molecular formula is C33H41ClFN3O5S. The van der Waals surface area contributed by atoms with Gasteiger partial charge in [0.05, 0.1) is 6.04 Å². The highest BCUT2D eigenvalue weighted by Gasteiger charge is 2.37. The Hall–Kier alpha value is -3.11. The molecule has 3 amide bonds. The Kier molecular flexibility index (Phi) is 12.1. The van der Waals surface area contributed by atoms with Crippen LogP contribution in [0, 0.1) is 17.7 Å². The second-order valence-corrected chi connectivity index (χ2v) is 13.7. The molecule has 1 aliphatic heterocycles. The Labute approximate surface area is 267 Å². The zero-order valence-electron chi connectivity index (χ0n) is 25.2. The van der Waals surface area contributed by atoms with Crippen LogP contribution in [0.3, 0.4) is 0 Å². The summed E-state index contributed by atoms with van der Waals surface area (Å²) in [7, 11) is 0. The van der Waals surface area contributed by atoms with Gasteiger partial charge in [0.1, 0.15) is 23.5 Å². The maximum atomic E-state index is 14.3. The summed E-state index contributed by atoms with van der Waals surface area (Å²) in [5, 5.41) is 5.39. The molecule has 1 heterocycles. The van der Waals surface area contributed by atoms with E-state index in [-0.39, 0.29) is 24.2 Å². The van der Waals surface area contributed by atoms with Crippen LogP contribution in [0.4, 0.5) is 9.18 Å². The van der Waals surface area contributed by atoms with Crippen molar-refractivity contribution in [2.75, 3.05) is 6.54 Å². The molecule has 2 aromatic rings. The first-order valence-electron chi connectivity index (χ1n) is 15.2. The first-order valence-corrected chi connectivity index (χ1v) is 16.5.